The molecule has 6 nitrogen and oxygen atoms in total. The third-order valence-electron chi connectivity index (χ3n) is 3.91. The molecule has 0 heterocycles. The van der Waals surface area contributed by atoms with Crippen LogP contribution >= 0.6 is 15.9 Å². The second kappa shape index (κ2) is 6.34. The Morgan fingerprint density at radius 1 is 1.48 bits per heavy atom. The number of nitrogens with one attached hydrogen (secondary N) is 1. The van der Waals surface area contributed by atoms with E-state index in [4.69, 9.17) is 15.7 Å². The summed E-state index contributed by atoms with van der Waals surface area (Å²) in [6.45, 7) is 0. The van der Waals surface area contributed by atoms with E-state index in [0.29, 0.717) is 24.3 Å². The summed E-state index contributed by atoms with van der Waals surface area (Å²) in [5.74, 6) is 0.346. The van der Waals surface area contributed by atoms with E-state index in [-0.39, 0.29) is 11.7 Å². The molecule has 1 fully saturated rings. The smallest absolute Gasteiger partial charge is 0.238 e. The molecular weight excluding hydrogens is 338 g/mol. The summed E-state index contributed by atoms with van der Waals surface area (Å²) in [6, 6.07) is 5.30. The standard InChI is InChI=1S/C14H18BrN3O3/c1-21-9-4-5-10(15)11(8-9)17-13(19)14(12(16)18-20)6-2-3-7-14/h4-5,8,20H,2-3,6-7H2,1H3,(H2,16,18)(H,17,19). The maximum atomic E-state index is 12.6. The largest absolute Gasteiger partial charge is 0.497 e. The Morgan fingerprint density at radius 3 is 2.71 bits per heavy atom. The van der Waals surface area contributed by atoms with E-state index in [1.165, 1.54) is 0 Å². The number of carbonyl (C=O) groups is 1. The maximum absolute atomic E-state index is 12.6. The Kier molecular flexibility index (Phi) is 4.72. The highest BCUT2D eigenvalue weighted by Gasteiger charge is 2.45. The number of nitrogens with zero attached hydrogens (tertiary/aromatic N) is 1. The number of amidine groups is 1. The van der Waals surface area contributed by atoms with Crippen molar-refractivity contribution in [2.75, 3.05) is 12.4 Å². The average Bonchev–Trinajstić information content (AvgIpc) is 2.99. The summed E-state index contributed by atoms with van der Waals surface area (Å²) in [6.07, 6.45) is 2.92. The molecule has 21 heavy (non-hydrogen) atoms. The number of ether oxygens (including phenoxy) is 1. The lowest BCUT2D eigenvalue weighted by Gasteiger charge is -2.26. The minimum absolute atomic E-state index is 0.0310. The van der Waals surface area contributed by atoms with Gasteiger partial charge < -0.3 is 21.0 Å². The minimum Gasteiger partial charge on any atom is -0.497 e. The van der Waals surface area contributed by atoms with Crippen LogP contribution in [0.1, 0.15) is 25.7 Å². The van der Waals surface area contributed by atoms with Gasteiger partial charge in [-0.15, -0.1) is 0 Å². The van der Waals surface area contributed by atoms with E-state index >= 15 is 0 Å². The molecule has 0 unspecified atom stereocenters. The van der Waals surface area contributed by atoms with Gasteiger partial charge in [0, 0.05) is 10.5 Å². The van der Waals surface area contributed by atoms with Crippen molar-refractivity contribution in [3.63, 3.8) is 0 Å². The third-order valence-corrected chi connectivity index (χ3v) is 4.60. The number of nitrogens with two attached hydrogens (primary N) is 1. The van der Waals surface area contributed by atoms with Crippen LogP contribution in [-0.2, 0) is 4.79 Å². The number of oxime groups is 1. The van der Waals surface area contributed by atoms with Crippen LogP contribution in [0.3, 0.4) is 0 Å². The van der Waals surface area contributed by atoms with Gasteiger partial charge in [-0.3, -0.25) is 4.79 Å². The highest BCUT2D eigenvalue weighted by atomic mass is 79.9. The fraction of sp³-hybridized carbons (Fsp3) is 0.429. The zero-order valence-electron chi connectivity index (χ0n) is 11.7. The summed E-state index contributed by atoms with van der Waals surface area (Å²) in [5.41, 5.74) is 5.43. The maximum Gasteiger partial charge on any atom is 0.238 e. The van der Waals surface area contributed by atoms with Crippen molar-refractivity contribution in [1.29, 1.82) is 0 Å². The van der Waals surface area contributed by atoms with Crippen LogP contribution in [0.4, 0.5) is 5.69 Å². The fourth-order valence-electron chi connectivity index (χ4n) is 2.64. The van der Waals surface area contributed by atoms with E-state index in [9.17, 15) is 4.79 Å². The van der Waals surface area contributed by atoms with Gasteiger partial charge in [0.05, 0.1) is 12.8 Å². The molecule has 1 aromatic carbocycles. The number of carbonyl (C=O) groups excluding carboxylic acids is 1. The van der Waals surface area contributed by atoms with Gasteiger partial charge in [0.25, 0.3) is 0 Å². The van der Waals surface area contributed by atoms with Crippen LogP contribution in [0.25, 0.3) is 0 Å². The predicted molar refractivity (Wildman–Crippen MR) is 83.6 cm³/mol. The molecule has 1 saturated carbocycles. The van der Waals surface area contributed by atoms with E-state index in [1.807, 2.05) is 0 Å². The first-order valence-electron chi connectivity index (χ1n) is 6.66. The van der Waals surface area contributed by atoms with Crippen LogP contribution < -0.4 is 15.8 Å². The minimum atomic E-state index is -0.933. The van der Waals surface area contributed by atoms with Crippen LogP contribution in [-0.4, -0.2) is 24.1 Å². The van der Waals surface area contributed by atoms with Gasteiger partial charge >= 0.3 is 0 Å². The SMILES string of the molecule is COc1ccc(Br)c(NC(=O)C2(C(N)=NO)CCCC2)c1. The van der Waals surface area contributed by atoms with Crippen molar-refractivity contribution in [3.05, 3.63) is 22.7 Å². The van der Waals surface area contributed by atoms with Crippen molar-refractivity contribution in [3.8, 4) is 5.75 Å². The molecule has 0 atom stereocenters. The highest BCUT2D eigenvalue weighted by molar-refractivity contribution is 9.10. The lowest BCUT2D eigenvalue weighted by atomic mass is 9.83. The van der Waals surface area contributed by atoms with E-state index in [1.54, 1.807) is 25.3 Å². The molecule has 0 bridgehead atoms. The summed E-state index contributed by atoms with van der Waals surface area (Å²) >= 11 is 3.39. The molecule has 1 aliphatic rings. The second-order valence-electron chi connectivity index (χ2n) is 5.07. The second-order valence-corrected chi connectivity index (χ2v) is 5.93. The van der Waals surface area contributed by atoms with E-state index in [0.717, 1.165) is 17.3 Å². The highest BCUT2D eigenvalue weighted by Crippen LogP contribution is 2.40. The van der Waals surface area contributed by atoms with Crippen LogP contribution in [0.5, 0.6) is 5.75 Å². The zero-order valence-corrected chi connectivity index (χ0v) is 13.3. The van der Waals surface area contributed by atoms with Crippen LogP contribution in [0, 0.1) is 5.41 Å². The van der Waals surface area contributed by atoms with E-state index in [2.05, 4.69) is 26.4 Å². The van der Waals surface area contributed by atoms with Gasteiger partial charge in [0.2, 0.25) is 5.91 Å². The molecule has 0 aliphatic heterocycles. The van der Waals surface area contributed by atoms with Gasteiger partial charge in [0.15, 0.2) is 5.84 Å². The summed E-state index contributed by atoms with van der Waals surface area (Å²) < 4.78 is 5.89. The Hall–Kier alpha value is -1.76. The van der Waals surface area contributed by atoms with E-state index < -0.39 is 5.41 Å². The normalized spacial score (nSPS) is 17.5. The first-order valence-corrected chi connectivity index (χ1v) is 7.46. The lowest BCUT2D eigenvalue weighted by Crippen LogP contribution is -2.45. The Morgan fingerprint density at radius 2 is 2.14 bits per heavy atom. The topological polar surface area (TPSA) is 96.9 Å². The van der Waals surface area contributed by atoms with Gasteiger partial charge in [0.1, 0.15) is 11.2 Å². The summed E-state index contributed by atoms with van der Waals surface area (Å²) in [7, 11) is 1.56. The first-order chi connectivity index (χ1) is 10.0. The summed E-state index contributed by atoms with van der Waals surface area (Å²) in [4.78, 5) is 12.6. The number of hydrogen-bond acceptors (Lipinski definition) is 4. The van der Waals surface area contributed by atoms with Gasteiger partial charge in [-0.1, -0.05) is 18.0 Å². The third kappa shape index (κ3) is 2.97. The monoisotopic (exact) mass is 355 g/mol. The number of amides is 1. The van der Waals surface area contributed by atoms with Crippen molar-refractivity contribution in [2.24, 2.45) is 16.3 Å². The van der Waals surface area contributed by atoms with Crippen molar-refractivity contribution >= 4 is 33.4 Å². The predicted octanol–water partition coefficient (Wildman–Crippen LogP) is 2.70. The lowest BCUT2D eigenvalue weighted by molar-refractivity contribution is -0.122. The van der Waals surface area contributed by atoms with Crippen molar-refractivity contribution in [2.45, 2.75) is 25.7 Å². The molecule has 1 amide bonds. The Balaban J connectivity index is 2.28. The number of halogens is 1. The first kappa shape index (κ1) is 15.6. The van der Waals surface area contributed by atoms with Gasteiger partial charge in [-0.05, 0) is 40.9 Å². The quantitative estimate of drug-likeness (QED) is 0.334. The zero-order chi connectivity index (χ0) is 15.5. The molecule has 0 radical (unpaired) electrons. The molecule has 0 aromatic heterocycles. The van der Waals surface area contributed by atoms with Gasteiger partial charge in [-0.25, -0.2) is 0 Å². The number of benzene rings is 1. The van der Waals surface area contributed by atoms with Crippen molar-refractivity contribution < 1.29 is 14.7 Å². The molecule has 0 spiro atoms. The molecule has 0 saturated heterocycles. The molecule has 2 rings (SSSR count). The number of methoxy groups -OCH3 is 1. The molecule has 1 aromatic rings. The number of hydrogen-bond donors (Lipinski definition) is 3. The molecule has 4 N–H and O–H groups in total. The van der Waals surface area contributed by atoms with Crippen molar-refractivity contribution in [1.82, 2.24) is 0 Å². The van der Waals surface area contributed by atoms with Gasteiger partial charge in [-0.2, -0.15) is 0 Å². The molecular formula is C14H18BrN3O3. The Bertz CT molecular complexity index is 569. The van der Waals surface area contributed by atoms with Crippen LogP contribution in [0.15, 0.2) is 27.8 Å². The molecule has 114 valence electrons. The van der Waals surface area contributed by atoms with Crippen LogP contribution in [0.2, 0.25) is 0 Å². The molecule has 7 heteroatoms. The Labute approximate surface area is 131 Å². The average molecular weight is 356 g/mol. The fourth-order valence-corrected chi connectivity index (χ4v) is 2.99. The number of anilines is 1. The molecule has 1 aliphatic carbocycles. The number of rotatable bonds is 4. The summed E-state index contributed by atoms with van der Waals surface area (Å²) in [5, 5.41) is 14.9.